The molecule has 0 spiro atoms. The first-order chi connectivity index (χ1) is 10.2. The summed E-state index contributed by atoms with van der Waals surface area (Å²) in [6.07, 6.45) is 0. The van der Waals surface area contributed by atoms with Crippen LogP contribution in [0.1, 0.15) is 12.5 Å². The lowest BCUT2D eigenvalue weighted by atomic mass is 10.0. The van der Waals surface area contributed by atoms with Crippen LogP contribution < -0.4 is 14.8 Å². The van der Waals surface area contributed by atoms with Crippen molar-refractivity contribution in [3.63, 3.8) is 0 Å². The third kappa shape index (κ3) is 3.34. The van der Waals surface area contributed by atoms with Gasteiger partial charge in [-0.2, -0.15) is 0 Å². The lowest BCUT2D eigenvalue weighted by molar-refractivity contribution is 0.397. The average molecular weight is 289 g/mol. The molecule has 0 fully saturated rings. The van der Waals surface area contributed by atoms with E-state index in [4.69, 9.17) is 9.47 Å². The molecule has 0 radical (unpaired) electrons. The highest BCUT2D eigenvalue weighted by Gasteiger charge is 2.14. The predicted molar refractivity (Wildman–Crippen MR) is 82.3 cm³/mol. The van der Waals surface area contributed by atoms with Crippen molar-refractivity contribution >= 4 is 0 Å². The van der Waals surface area contributed by atoms with Gasteiger partial charge in [-0.3, -0.25) is 0 Å². The minimum Gasteiger partial charge on any atom is -0.496 e. The van der Waals surface area contributed by atoms with E-state index >= 15 is 0 Å². The normalized spacial score (nSPS) is 10.5. The van der Waals surface area contributed by atoms with Gasteiger partial charge in [0.1, 0.15) is 17.3 Å². The molecular weight excluding hydrogens is 269 g/mol. The number of ether oxygens (including phenoxy) is 2. The molecule has 1 N–H and O–H groups in total. The van der Waals surface area contributed by atoms with Gasteiger partial charge in [-0.05, 0) is 36.4 Å². The van der Waals surface area contributed by atoms with E-state index in [0.717, 1.165) is 17.7 Å². The summed E-state index contributed by atoms with van der Waals surface area (Å²) in [6.45, 7) is 3.28. The summed E-state index contributed by atoms with van der Waals surface area (Å²) in [5.74, 6) is 1.19. The molecule has 112 valence electrons. The monoisotopic (exact) mass is 289 g/mol. The zero-order valence-corrected chi connectivity index (χ0v) is 12.6. The van der Waals surface area contributed by atoms with Crippen molar-refractivity contribution in [2.45, 2.75) is 13.5 Å². The number of hydrogen-bond donors (Lipinski definition) is 1. The highest BCUT2D eigenvalue weighted by atomic mass is 19.1. The van der Waals surface area contributed by atoms with Gasteiger partial charge in [-0.15, -0.1) is 0 Å². The van der Waals surface area contributed by atoms with Crippen LogP contribution in [0.25, 0.3) is 11.1 Å². The zero-order chi connectivity index (χ0) is 15.2. The van der Waals surface area contributed by atoms with Crippen molar-refractivity contribution in [1.82, 2.24) is 5.32 Å². The Labute approximate surface area is 124 Å². The highest BCUT2D eigenvalue weighted by Crippen LogP contribution is 2.38. The fraction of sp³-hybridized carbons (Fsp3) is 0.294. The predicted octanol–water partition coefficient (Wildman–Crippen LogP) is 3.62. The zero-order valence-electron chi connectivity index (χ0n) is 12.6. The highest BCUT2D eigenvalue weighted by molar-refractivity contribution is 5.77. The maximum absolute atomic E-state index is 13.9. The number of halogens is 1. The molecule has 3 nitrogen and oxygen atoms in total. The van der Waals surface area contributed by atoms with Gasteiger partial charge in [0.15, 0.2) is 0 Å². The van der Waals surface area contributed by atoms with Crippen LogP contribution in [0, 0.1) is 5.82 Å². The molecule has 0 aliphatic carbocycles. The first-order valence-corrected chi connectivity index (χ1v) is 6.91. The second kappa shape index (κ2) is 7.09. The van der Waals surface area contributed by atoms with Crippen molar-refractivity contribution in [2.24, 2.45) is 0 Å². The van der Waals surface area contributed by atoms with E-state index in [1.165, 1.54) is 6.07 Å². The van der Waals surface area contributed by atoms with Crippen LogP contribution in [-0.4, -0.2) is 20.8 Å². The number of benzene rings is 2. The standard InChI is InChI=1S/C17H20FNO2/c1-4-19-11-13-10-12(8-9-14(13)18)17-15(20-2)6-5-7-16(17)21-3/h5-10,19H,4,11H2,1-3H3. The summed E-state index contributed by atoms with van der Waals surface area (Å²) in [5, 5.41) is 3.14. The van der Waals surface area contributed by atoms with E-state index in [2.05, 4.69) is 5.32 Å². The minimum atomic E-state index is -0.214. The van der Waals surface area contributed by atoms with Crippen LogP contribution in [0.15, 0.2) is 36.4 Å². The third-order valence-electron chi connectivity index (χ3n) is 3.33. The van der Waals surface area contributed by atoms with E-state index < -0.39 is 0 Å². The van der Waals surface area contributed by atoms with Gasteiger partial charge in [0.05, 0.1) is 19.8 Å². The largest absolute Gasteiger partial charge is 0.496 e. The molecule has 0 amide bonds. The Morgan fingerprint density at radius 3 is 2.29 bits per heavy atom. The molecule has 0 atom stereocenters. The smallest absolute Gasteiger partial charge is 0.130 e. The molecule has 0 saturated heterocycles. The molecule has 0 bridgehead atoms. The second-order valence-electron chi connectivity index (χ2n) is 4.62. The molecular formula is C17H20FNO2. The Kier molecular flexibility index (Phi) is 5.17. The molecule has 0 unspecified atom stereocenters. The Hall–Kier alpha value is -2.07. The fourth-order valence-corrected chi connectivity index (χ4v) is 2.26. The lowest BCUT2D eigenvalue weighted by Crippen LogP contribution is -2.13. The van der Waals surface area contributed by atoms with Gasteiger partial charge in [0.2, 0.25) is 0 Å². The number of rotatable bonds is 6. The lowest BCUT2D eigenvalue weighted by Gasteiger charge is -2.14. The van der Waals surface area contributed by atoms with Crippen LogP contribution in [0.3, 0.4) is 0 Å². The van der Waals surface area contributed by atoms with E-state index in [1.54, 1.807) is 20.3 Å². The molecule has 2 rings (SSSR count). The number of methoxy groups -OCH3 is 2. The Morgan fingerprint density at radius 2 is 1.71 bits per heavy atom. The summed E-state index contributed by atoms with van der Waals surface area (Å²) in [4.78, 5) is 0. The first-order valence-electron chi connectivity index (χ1n) is 6.91. The quantitative estimate of drug-likeness (QED) is 0.881. The molecule has 21 heavy (non-hydrogen) atoms. The second-order valence-corrected chi connectivity index (χ2v) is 4.62. The maximum Gasteiger partial charge on any atom is 0.130 e. The van der Waals surface area contributed by atoms with Crippen LogP contribution in [0.2, 0.25) is 0 Å². The Balaban J connectivity index is 2.51. The summed E-state index contributed by atoms with van der Waals surface area (Å²) in [6, 6.07) is 10.7. The first kappa shape index (κ1) is 15.3. The van der Waals surface area contributed by atoms with Crippen LogP contribution in [-0.2, 0) is 6.54 Å². The van der Waals surface area contributed by atoms with Crippen LogP contribution in [0.4, 0.5) is 4.39 Å². The van der Waals surface area contributed by atoms with E-state index in [9.17, 15) is 4.39 Å². The van der Waals surface area contributed by atoms with Crippen molar-refractivity contribution in [1.29, 1.82) is 0 Å². The SMILES string of the molecule is CCNCc1cc(-c2c(OC)cccc2OC)ccc1F. The van der Waals surface area contributed by atoms with E-state index in [-0.39, 0.29) is 5.82 Å². The van der Waals surface area contributed by atoms with Crippen molar-refractivity contribution in [3.8, 4) is 22.6 Å². The van der Waals surface area contributed by atoms with Gasteiger partial charge < -0.3 is 14.8 Å². The molecule has 0 aliphatic rings. The van der Waals surface area contributed by atoms with Gasteiger partial charge in [0, 0.05) is 12.1 Å². The average Bonchev–Trinajstić information content (AvgIpc) is 2.53. The van der Waals surface area contributed by atoms with Gasteiger partial charge in [-0.1, -0.05) is 19.1 Å². The summed E-state index contributed by atoms with van der Waals surface area (Å²) in [5.41, 5.74) is 2.33. The van der Waals surface area contributed by atoms with Crippen LogP contribution in [0.5, 0.6) is 11.5 Å². The maximum atomic E-state index is 13.9. The Morgan fingerprint density at radius 1 is 1.05 bits per heavy atom. The summed E-state index contributed by atoms with van der Waals surface area (Å²) < 4.78 is 24.7. The van der Waals surface area contributed by atoms with E-state index in [1.807, 2.05) is 31.2 Å². The summed E-state index contributed by atoms with van der Waals surface area (Å²) >= 11 is 0. The number of hydrogen-bond acceptors (Lipinski definition) is 3. The fourth-order valence-electron chi connectivity index (χ4n) is 2.26. The topological polar surface area (TPSA) is 30.5 Å². The van der Waals surface area contributed by atoms with Gasteiger partial charge >= 0.3 is 0 Å². The van der Waals surface area contributed by atoms with Gasteiger partial charge in [-0.25, -0.2) is 4.39 Å². The Bertz CT molecular complexity index is 591. The molecule has 0 saturated carbocycles. The summed E-state index contributed by atoms with van der Waals surface area (Å²) in [7, 11) is 3.22. The molecule has 4 heteroatoms. The molecule has 0 aliphatic heterocycles. The third-order valence-corrected chi connectivity index (χ3v) is 3.33. The molecule has 2 aromatic carbocycles. The molecule has 2 aromatic rings. The molecule has 0 aromatic heterocycles. The minimum absolute atomic E-state index is 0.214. The molecule has 0 heterocycles. The van der Waals surface area contributed by atoms with Gasteiger partial charge in [0.25, 0.3) is 0 Å². The van der Waals surface area contributed by atoms with Crippen molar-refractivity contribution in [3.05, 3.63) is 47.8 Å². The van der Waals surface area contributed by atoms with E-state index in [0.29, 0.717) is 23.6 Å². The van der Waals surface area contributed by atoms with Crippen molar-refractivity contribution in [2.75, 3.05) is 20.8 Å². The number of nitrogens with one attached hydrogen (secondary N) is 1. The van der Waals surface area contributed by atoms with Crippen molar-refractivity contribution < 1.29 is 13.9 Å². The van der Waals surface area contributed by atoms with Crippen LogP contribution >= 0.6 is 0 Å².